The van der Waals surface area contributed by atoms with Crippen molar-refractivity contribution in [1.29, 1.82) is 0 Å². The molecule has 0 saturated heterocycles. The van der Waals surface area contributed by atoms with E-state index >= 15 is 8.78 Å². The van der Waals surface area contributed by atoms with Crippen molar-refractivity contribution in [3.8, 4) is 0 Å². The summed E-state index contributed by atoms with van der Waals surface area (Å²) in [7, 11) is 0. The third-order valence-electron chi connectivity index (χ3n) is 7.90. The number of para-hydroxylation sites is 1. The van der Waals surface area contributed by atoms with Gasteiger partial charge in [-0.25, -0.2) is 4.79 Å². The molecule has 4 rings (SSSR count). The molecule has 37 heavy (non-hydrogen) atoms. The maximum Gasteiger partial charge on any atom is 0.377 e. The van der Waals surface area contributed by atoms with Crippen molar-refractivity contribution in [2.75, 3.05) is 5.32 Å². The molecule has 1 saturated carbocycles. The van der Waals surface area contributed by atoms with Gasteiger partial charge in [-0.3, -0.25) is 4.79 Å². The summed E-state index contributed by atoms with van der Waals surface area (Å²) in [4.78, 5) is 26.5. The van der Waals surface area contributed by atoms with Crippen molar-refractivity contribution in [3.63, 3.8) is 0 Å². The number of rotatable bonds is 8. The van der Waals surface area contributed by atoms with E-state index < -0.39 is 41.7 Å². The van der Waals surface area contributed by atoms with Crippen LogP contribution in [0.5, 0.6) is 0 Å². The van der Waals surface area contributed by atoms with Crippen LogP contribution in [0.25, 0.3) is 0 Å². The third-order valence-corrected chi connectivity index (χ3v) is 8.23. The predicted molar refractivity (Wildman–Crippen MR) is 142 cm³/mol. The minimum absolute atomic E-state index is 0.0310. The van der Waals surface area contributed by atoms with E-state index in [1.807, 2.05) is 20.8 Å². The van der Waals surface area contributed by atoms with E-state index in [0.717, 1.165) is 12.8 Å². The molecule has 0 spiro atoms. The molecular formula is C30H34ClF2NO3. The number of ketones is 1. The van der Waals surface area contributed by atoms with Gasteiger partial charge in [0, 0.05) is 6.42 Å². The molecule has 0 aliphatic heterocycles. The number of esters is 1. The second-order valence-electron chi connectivity index (χ2n) is 10.8. The minimum atomic E-state index is -3.89. The van der Waals surface area contributed by atoms with Crippen LogP contribution in [0.2, 0.25) is 5.02 Å². The molecule has 2 aromatic carbocycles. The molecule has 2 aromatic rings. The minimum Gasteiger partial charge on any atom is -0.458 e. The largest absolute Gasteiger partial charge is 0.458 e. The molecule has 0 bridgehead atoms. The van der Waals surface area contributed by atoms with Gasteiger partial charge in [-0.15, -0.1) is 0 Å². The second kappa shape index (κ2) is 10.9. The lowest BCUT2D eigenvalue weighted by Gasteiger charge is -2.39. The number of nitrogens with one attached hydrogen (secondary N) is 1. The lowest BCUT2D eigenvalue weighted by molar-refractivity contribution is -0.187. The van der Waals surface area contributed by atoms with Crippen LogP contribution < -0.4 is 5.32 Å². The van der Waals surface area contributed by atoms with Crippen molar-refractivity contribution in [3.05, 3.63) is 77.3 Å². The Morgan fingerprint density at radius 2 is 1.81 bits per heavy atom. The Balaban J connectivity index is 1.66. The van der Waals surface area contributed by atoms with E-state index in [0.29, 0.717) is 28.6 Å². The van der Waals surface area contributed by atoms with Gasteiger partial charge in [0.15, 0.2) is 5.78 Å². The summed E-state index contributed by atoms with van der Waals surface area (Å²) in [6.45, 7) is 6.10. The van der Waals surface area contributed by atoms with Crippen LogP contribution in [0.15, 0.2) is 66.7 Å². The second-order valence-corrected chi connectivity index (χ2v) is 11.2. The van der Waals surface area contributed by atoms with E-state index in [1.54, 1.807) is 60.7 Å². The van der Waals surface area contributed by atoms with Crippen molar-refractivity contribution < 1.29 is 23.1 Å². The number of allylic oxidation sites excluding steroid dienone is 1. The van der Waals surface area contributed by atoms with Crippen LogP contribution in [0, 0.1) is 17.8 Å². The standard InChI is InChI=1S/C30H34ClF2NO3/c1-19(2)22-14-13-20(3)17-25(22)37-28(36)30(32,33)18-29(21-9-5-4-6-10-21)26(15-16-27(29)35)34-24-12-8-7-11-23(24)31/h4-12,15-16,19-20,22,25-26,34H,13-14,17-18H2,1-3H3/t20?,22?,25?,26-,29-/m1/s1. The Hall–Kier alpha value is -2.73. The zero-order chi connectivity index (χ0) is 26.8. The molecule has 198 valence electrons. The summed E-state index contributed by atoms with van der Waals surface area (Å²) >= 11 is 6.33. The van der Waals surface area contributed by atoms with Crippen LogP contribution in [-0.4, -0.2) is 29.8 Å². The molecule has 0 aromatic heterocycles. The van der Waals surface area contributed by atoms with Gasteiger partial charge in [-0.2, -0.15) is 8.78 Å². The number of anilines is 1. The Morgan fingerprint density at radius 3 is 2.49 bits per heavy atom. The van der Waals surface area contributed by atoms with Crippen molar-refractivity contribution in [2.45, 2.75) is 69.9 Å². The van der Waals surface area contributed by atoms with E-state index in [4.69, 9.17) is 16.3 Å². The van der Waals surface area contributed by atoms with Crippen LogP contribution in [0.4, 0.5) is 14.5 Å². The van der Waals surface area contributed by atoms with Gasteiger partial charge in [0.25, 0.3) is 0 Å². The Morgan fingerprint density at radius 1 is 1.14 bits per heavy atom. The highest BCUT2D eigenvalue weighted by molar-refractivity contribution is 6.33. The summed E-state index contributed by atoms with van der Waals surface area (Å²) in [6, 6.07) is 14.5. The van der Waals surface area contributed by atoms with E-state index in [2.05, 4.69) is 5.32 Å². The van der Waals surface area contributed by atoms with Gasteiger partial charge in [-0.05, 0) is 54.4 Å². The number of benzene rings is 2. The summed E-state index contributed by atoms with van der Waals surface area (Å²) in [5.74, 6) is -5.42. The highest BCUT2D eigenvalue weighted by Crippen LogP contribution is 2.46. The monoisotopic (exact) mass is 529 g/mol. The van der Waals surface area contributed by atoms with Gasteiger partial charge in [0.1, 0.15) is 6.10 Å². The number of hydrogen-bond donors (Lipinski definition) is 1. The molecule has 2 aliphatic carbocycles. The predicted octanol–water partition coefficient (Wildman–Crippen LogP) is 7.23. The molecular weight excluding hydrogens is 496 g/mol. The van der Waals surface area contributed by atoms with E-state index in [9.17, 15) is 9.59 Å². The van der Waals surface area contributed by atoms with E-state index in [-0.39, 0.29) is 11.8 Å². The van der Waals surface area contributed by atoms with E-state index in [1.165, 1.54) is 6.08 Å². The van der Waals surface area contributed by atoms with Crippen molar-refractivity contribution >= 4 is 29.0 Å². The maximum atomic E-state index is 15.8. The number of hydrogen-bond acceptors (Lipinski definition) is 4. The molecule has 7 heteroatoms. The zero-order valence-corrected chi connectivity index (χ0v) is 22.2. The normalized spacial score (nSPS) is 27.9. The Labute approximate surface area is 222 Å². The smallest absolute Gasteiger partial charge is 0.377 e. The fraction of sp³-hybridized carbons (Fsp3) is 0.467. The van der Waals surface area contributed by atoms with Crippen molar-refractivity contribution in [2.24, 2.45) is 17.8 Å². The van der Waals surface area contributed by atoms with Gasteiger partial charge in [0.05, 0.1) is 22.2 Å². The number of carbonyl (C=O) groups is 2. The number of halogens is 3. The van der Waals surface area contributed by atoms with Crippen LogP contribution in [0.1, 0.15) is 52.0 Å². The molecule has 0 amide bonds. The fourth-order valence-electron chi connectivity index (χ4n) is 5.82. The molecule has 5 atom stereocenters. The summed E-state index contributed by atoms with van der Waals surface area (Å²) in [5.41, 5.74) is -0.815. The van der Waals surface area contributed by atoms with Gasteiger partial charge >= 0.3 is 11.9 Å². The van der Waals surface area contributed by atoms with Crippen LogP contribution in [0.3, 0.4) is 0 Å². The van der Waals surface area contributed by atoms with Gasteiger partial charge in [-0.1, -0.05) is 87.3 Å². The fourth-order valence-corrected chi connectivity index (χ4v) is 6.01. The van der Waals surface area contributed by atoms with Gasteiger partial charge < -0.3 is 10.1 Å². The first kappa shape index (κ1) is 27.3. The summed E-state index contributed by atoms with van der Waals surface area (Å²) in [5, 5.41) is 3.57. The Bertz CT molecular complexity index is 1150. The Kier molecular flexibility index (Phi) is 8.08. The van der Waals surface area contributed by atoms with Crippen LogP contribution >= 0.6 is 11.6 Å². The molecule has 4 nitrogen and oxygen atoms in total. The number of alkyl halides is 2. The maximum absolute atomic E-state index is 15.8. The third kappa shape index (κ3) is 5.59. The molecule has 0 heterocycles. The quantitative estimate of drug-likeness (QED) is 0.366. The number of carbonyl (C=O) groups excluding carboxylic acids is 2. The number of ether oxygens (including phenoxy) is 1. The molecule has 2 aliphatic rings. The lowest BCUT2D eigenvalue weighted by atomic mass is 9.70. The average Bonchev–Trinajstić information content (AvgIpc) is 3.16. The summed E-state index contributed by atoms with van der Waals surface area (Å²) < 4.78 is 37.2. The highest BCUT2D eigenvalue weighted by atomic mass is 35.5. The van der Waals surface area contributed by atoms with Crippen LogP contribution in [-0.2, 0) is 19.7 Å². The average molecular weight is 530 g/mol. The molecule has 1 fully saturated rings. The zero-order valence-electron chi connectivity index (χ0n) is 21.4. The van der Waals surface area contributed by atoms with Gasteiger partial charge in [0.2, 0.25) is 0 Å². The highest BCUT2D eigenvalue weighted by Gasteiger charge is 2.58. The summed E-state index contributed by atoms with van der Waals surface area (Å²) in [6.07, 6.45) is 3.67. The first-order valence-electron chi connectivity index (χ1n) is 12.9. The molecule has 1 N–H and O–H groups in total. The lowest BCUT2D eigenvalue weighted by Crippen LogP contribution is -2.52. The first-order valence-corrected chi connectivity index (χ1v) is 13.3. The molecule has 3 unspecified atom stereocenters. The molecule has 0 radical (unpaired) electrons. The SMILES string of the molecule is CC1CCC(C(C)C)C(OC(=O)C(F)(F)C[C@]2(c3ccccc3)C(=O)C=C[C@H]2Nc2ccccc2Cl)C1. The first-order chi connectivity index (χ1) is 17.5. The van der Waals surface area contributed by atoms with Crippen molar-refractivity contribution in [1.82, 2.24) is 0 Å². The topological polar surface area (TPSA) is 55.4 Å².